The van der Waals surface area contributed by atoms with Gasteiger partial charge in [-0.1, -0.05) is 17.4 Å². The summed E-state index contributed by atoms with van der Waals surface area (Å²) >= 11 is 1.27. The van der Waals surface area contributed by atoms with Crippen molar-refractivity contribution in [1.29, 1.82) is 0 Å². The first kappa shape index (κ1) is 19.0. The fourth-order valence-electron chi connectivity index (χ4n) is 2.39. The smallest absolute Gasteiger partial charge is 0.261 e. The van der Waals surface area contributed by atoms with Crippen molar-refractivity contribution in [3.63, 3.8) is 0 Å². The lowest BCUT2D eigenvalue weighted by molar-refractivity contribution is 0.102. The number of nitrogens with two attached hydrogens (primary N) is 1. The van der Waals surface area contributed by atoms with E-state index in [2.05, 4.69) is 15.3 Å². The summed E-state index contributed by atoms with van der Waals surface area (Å²) in [7, 11) is -2.57. The van der Waals surface area contributed by atoms with Crippen molar-refractivity contribution in [2.45, 2.75) is 11.8 Å². The number of nitrogens with one attached hydrogen (secondary N) is 1. The molecule has 0 radical (unpaired) electrons. The van der Waals surface area contributed by atoms with Gasteiger partial charge in [0.05, 0.1) is 33.8 Å². The maximum atomic E-state index is 12.7. The topological polar surface area (TPSA) is 124 Å². The summed E-state index contributed by atoms with van der Waals surface area (Å²) in [6.45, 7) is 1.82. The first-order valence-electron chi connectivity index (χ1n) is 7.70. The van der Waals surface area contributed by atoms with Crippen LogP contribution in [0.25, 0.3) is 10.6 Å². The highest BCUT2D eigenvalue weighted by atomic mass is 32.2. The van der Waals surface area contributed by atoms with Gasteiger partial charge in [0.25, 0.3) is 5.91 Å². The van der Waals surface area contributed by atoms with Gasteiger partial charge in [-0.2, -0.15) is 0 Å². The number of rotatable bonds is 5. The second-order valence-electron chi connectivity index (χ2n) is 5.51. The van der Waals surface area contributed by atoms with Crippen LogP contribution in [0.15, 0.2) is 47.5 Å². The minimum atomic E-state index is -3.95. The number of hydrogen-bond donors (Lipinski definition) is 2. The number of primary sulfonamides is 1. The second kappa shape index (κ2) is 7.43. The largest absolute Gasteiger partial charge is 0.496 e. The summed E-state index contributed by atoms with van der Waals surface area (Å²) in [5.41, 5.74) is 1.51. The monoisotopic (exact) mass is 404 g/mol. The number of methoxy groups -OCH3 is 1. The third-order valence-corrected chi connectivity index (χ3v) is 5.67. The molecule has 3 aromatic rings. The zero-order valence-electron chi connectivity index (χ0n) is 14.5. The molecule has 0 aliphatic carbocycles. The molecule has 0 saturated carbocycles. The normalized spacial score (nSPS) is 11.2. The zero-order chi connectivity index (χ0) is 19.6. The number of benzene rings is 1. The predicted octanol–water partition coefficient (Wildman–Crippen LogP) is 2.42. The number of hydrogen-bond acceptors (Lipinski definition) is 7. The molecule has 0 aliphatic heterocycles. The highest BCUT2D eigenvalue weighted by molar-refractivity contribution is 7.89. The Morgan fingerprint density at radius 1 is 1.26 bits per heavy atom. The molecule has 0 saturated heterocycles. The number of nitrogens with zero attached hydrogens (tertiary/aromatic N) is 2. The van der Waals surface area contributed by atoms with Gasteiger partial charge < -0.3 is 4.74 Å². The predicted molar refractivity (Wildman–Crippen MR) is 102 cm³/mol. The molecule has 27 heavy (non-hydrogen) atoms. The summed E-state index contributed by atoms with van der Waals surface area (Å²) in [5, 5.41) is 8.17. The van der Waals surface area contributed by atoms with Crippen molar-refractivity contribution in [1.82, 2.24) is 9.97 Å². The van der Waals surface area contributed by atoms with Crippen LogP contribution in [0.4, 0.5) is 5.13 Å². The minimum absolute atomic E-state index is 0.0382. The molecule has 0 unspecified atom stereocenters. The third-order valence-electron chi connectivity index (χ3n) is 3.66. The van der Waals surface area contributed by atoms with E-state index in [1.54, 1.807) is 6.20 Å². The molecular formula is C17H16N4O4S2. The van der Waals surface area contributed by atoms with Crippen molar-refractivity contribution < 1.29 is 17.9 Å². The molecular weight excluding hydrogens is 388 g/mol. The lowest BCUT2D eigenvalue weighted by Crippen LogP contribution is -2.16. The molecule has 3 N–H and O–H groups in total. The summed E-state index contributed by atoms with van der Waals surface area (Å²) in [5.74, 6) is -0.336. The Balaban J connectivity index is 1.92. The number of amides is 1. The number of anilines is 1. The van der Waals surface area contributed by atoms with Gasteiger partial charge in [0.15, 0.2) is 5.13 Å². The number of aryl methyl sites for hydroxylation is 1. The fraction of sp³-hybridized carbons (Fsp3) is 0.118. The van der Waals surface area contributed by atoms with Crippen molar-refractivity contribution in [3.05, 3.63) is 53.9 Å². The highest BCUT2D eigenvalue weighted by Gasteiger charge is 2.19. The molecule has 1 aromatic carbocycles. The van der Waals surface area contributed by atoms with Gasteiger partial charge in [0.2, 0.25) is 10.0 Å². The third kappa shape index (κ3) is 4.13. The van der Waals surface area contributed by atoms with E-state index in [1.807, 2.05) is 25.1 Å². The van der Waals surface area contributed by atoms with Crippen LogP contribution < -0.4 is 15.2 Å². The minimum Gasteiger partial charge on any atom is -0.496 e. The van der Waals surface area contributed by atoms with E-state index < -0.39 is 15.9 Å². The average Bonchev–Trinajstić information content (AvgIpc) is 3.01. The molecule has 0 fully saturated rings. The van der Waals surface area contributed by atoms with Crippen molar-refractivity contribution in [2.75, 3.05) is 12.4 Å². The van der Waals surface area contributed by atoms with Crippen LogP contribution in [0.5, 0.6) is 5.75 Å². The first-order chi connectivity index (χ1) is 12.8. The number of aromatic nitrogens is 2. The zero-order valence-corrected chi connectivity index (χ0v) is 16.1. The summed E-state index contributed by atoms with van der Waals surface area (Å²) in [6.07, 6.45) is 1.68. The van der Waals surface area contributed by atoms with E-state index in [-0.39, 0.29) is 16.2 Å². The maximum absolute atomic E-state index is 12.7. The van der Waals surface area contributed by atoms with Gasteiger partial charge in [-0.15, -0.1) is 0 Å². The molecule has 10 heteroatoms. The number of ether oxygens (including phenoxy) is 1. The number of sulfonamides is 1. The van der Waals surface area contributed by atoms with Gasteiger partial charge in [0, 0.05) is 6.20 Å². The molecule has 0 atom stereocenters. The molecule has 0 spiro atoms. The first-order valence-corrected chi connectivity index (χ1v) is 10.1. The Hall–Kier alpha value is -2.82. The lowest BCUT2D eigenvalue weighted by atomic mass is 10.2. The molecule has 0 aliphatic rings. The Labute approximate surface area is 160 Å². The lowest BCUT2D eigenvalue weighted by Gasteiger charge is -2.09. The van der Waals surface area contributed by atoms with Crippen LogP contribution in [0.1, 0.15) is 16.1 Å². The maximum Gasteiger partial charge on any atom is 0.261 e. The molecule has 2 aromatic heterocycles. The van der Waals surface area contributed by atoms with E-state index >= 15 is 0 Å². The SMILES string of the molecule is COc1ccc(S(N)(=O)=O)cc1C(=O)Nc1nc(C)c(-c2ccccn2)s1. The number of carbonyl (C=O) groups is 1. The van der Waals surface area contributed by atoms with E-state index in [9.17, 15) is 13.2 Å². The standard InChI is InChI=1S/C17H16N4O4S2/c1-10-15(13-5-3-4-8-19-13)26-17(20-10)21-16(22)12-9-11(27(18,23)24)6-7-14(12)25-2/h3-9H,1-2H3,(H2,18,23,24)(H,20,21,22). The van der Waals surface area contributed by atoms with Gasteiger partial charge in [-0.3, -0.25) is 15.1 Å². The van der Waals surface area contributed by atoms with E-state index in [1.165, 1.54) is 36.6 Å². The van der Waals surface area contributed by atoms with Crippen LogP contribution in [0.3, 0.4) is 0 Å². The Morgan fingerprint density at radius 3 is 2.67 bits per heavy atom. The van der Waals surface area contributed by atoms with Crippen LogP contribution in [-0.4, -0.2) is 31.4 Å². The van der Waals surface area contributed by atoms with E-state index in [0.29, 0.717) is 5.13 Å². The van der Waals surface area contributed by atoms with E-state index in [0.717, 1.165) is 16.3 Å². The van der Waals surface area contributed by atoms with Crippen LogP contribution in [0, 0.1) is 6.92 Å². The summed E-state index contributed by atoms with van der Waals surface area (Å²) < 4.78 is 28.3. The molecule has 1 amide bonds. The summed E-state index contributed by atoms with van der Waals surface area (Å²) in [6, 6.07) is 9.35. The van der Waals surface area contributed by atoms with Crippen LogP contribution >= 0.6 is 11.3 Å². The summed E-state index contributed by atoms with van der Waals surface area (Å²) in [4.78, 5) is 21.9. The number of thiazole rings is 1. The van der Waals surface area contributed by atoms with Gasteiger partial charge in [-0.05, 0) is 37.3 Å². The average molecular weight is 404 g/mol. The molecule has 8 nitrogen and oxygen atoms in total. The van der Waals surface area contributed by atoms with Crippen molar-refractivity contribution in [3.8, 4) is 16.3 Å². The van der Waals surface area contributed by atoms with Crippen molar-refractivity contribution in [2.24, 2.45) is 5.14 Å². The van der Waals surface area contributed by atoms with Gasteiger partial charge in [-0.25, -0.2) is 18.5 Å². The fourth-order valence-corrected chi connectivity index (χ4v) is 3.87. The molecule has 0 bridgehead atoms. The Bertz CT molecular complexity index is 1100. The Morgan fingerprint density at radius 2 is 2.04 bits per heavy atom. The van der Waals surface area contributed by atoms with Gasteiger partial charge in [0.1, 0.15) is 5.75 Å². The molecule has 3 rings (SSSR count). The number of carbonyl (C=O) groups excluding carboxylic acids is 1. The van der Waals surface area contributed by atoms with Gasteiger partial charge >= 0.3 is 0 Å². The number of pyridine rings is 1. The van der Waals surface area contributed by atoms with Crippen LogP contribution in [-0.2, 0) is 10.0 Å². The quantitative estimate of drug-likeness (QED) is 0.673. The molecule has 140 valence electrons. The second-order valence-corrected chi connectivity index (χ2v) is 8.07. The van der Waals surface area contributed by atoms with E-state index in [4.69, 9.17) is 9.88 Å². The van der Waals surface area contributed by atoms with Crippen LogP contribution in [0.2, 0.25) is 0 Å². The highest BCUT2D eigenvalue weighted by Crippen LogP contribution is 2.32. The molecule has 2 heterocycles. The van der Waals surface area contributed by atoms with Crippen molar-refractivity contribution >= 4 is 32.4 Å². The Kier molecular flexibility index (Phi) is 5.22.